The van der Waals surface area contributed by atoms with Crippen molar-refractivity contribution in [2.45, 2.75) is 18.1 Å². The van der Waals surface area contributed by atoms with Gasteiger partial charge < -0.3 is 9.32 Å². The lowest BCUT2D eigenvalue weighted by atomic mass is 10.1. The summed E-state index contributed by atoms with van der Waals surface area (Å²) in [6, 6.07) is 1.56. The standard InChI is InChI=1S/C10H14N2O4S/c11-17(14,15)9-2-1-4-12(6-9)10(13)8-3-5-16-7-8/h3,5,7,9H,1-2,4,6H2,(H2,11,14,15). The second kappa shape index (κ2) is 4.50. The number of sulfonamides is 1. The van der Waals surface area contributed by atoms with Gasteiger partial charge in [-0.3, -0.25) is 4.79 Å². The predicted octanol–water partition coefficient (Wildman–Crippen LogP) is 0.173. The zero-order valence-corrected chi connectivity index (χ0v) is 10.0. The van der Waals surface area contributed by atoms with Crippen molar-refractivity contribution in [3.63, 3.8) is 0 Å². The van der Waals surface area contributed by atoms with Gasteiger partial charge in [-0.2, -0.15) is 0 Å². The maximum atomic E-state index is 12.0. The van der Waals surface area contributed by atoms with Gasteiger partial charge in [0.05, 0.1) is 17.1 Å². The summed E-state index contributed by atoms with van der Waals surface area (Å²) in [4.78, 5) is 13.5. The molecule has 1 unspecified atom stereocenters. The molecule has 1 aromatic heterocycles. The molecule has 1 saturated heterocycles. The van der Waals surface area contributed by atoms with Gasteiger partial charge in [-0.25, -0.2) is 13.6 Å². The maximum absolute atomic E-state index is 12.0. The van der Waals surface area contributed by atoms with Crippen LogP contribution in [-0.2, 0) is 10.0 Å². The molecule has 0 radical (unpaired) electrons. The van der Waals surface area contributed by atoms with E-state index in [4.69, 9.17) is 9.56 Å². The van der Waals surface area contributed by atoms with E-state index >= 15 is 0 Å². The van der Waals surface area contributed by atoms with Gasteiger partial charge in [0.15, 0.2) is 0 Å². The molecule has 1 aliphatic rings. The van der Waals surface area contributed by atoms with Crippen LogP contribution in [0.25, 0.3) is 0 Å². The minimum absolute atomic E-state index is 0.156. The van der Waals surface area contributed by atoms with Crippen LogP contribution in [0.15, 0.2) is 23.0 Å². The lowest BCUT2D eigenvalue weighted by Gasteiger charge is -2.31. The normalized spacial score (nSPS) is 21.5. The van der Waals surface area contributed by atoms with Gasteiger partial charge in [-0.05, 0) is 18.9 Å². The fraction of sp³-hybridized carbons (Fsp3) is 0.500. The Bertz CT molecular complexity index is 494. The lowest BCUT2D eigenvalue weighted by Crippen LogP contribution is -2.46. The van der Waals surface area contributed by atoms with Crippen molar-refractivity contribution in [3.8, 4) is 0 Å². The summed E-state index contributed by atoms with van der Waals surface area (Å²) in [6.07, 6.45) is 3.91. The number of primary sulfonamides is 1. The van der Waals surface area contributed by atoms with Crippen molar-refractivity contribution >= 4 is 15.9 Å². The molecular weight excluding hydrogens is 244 g/mol. The third-order valence-electron chi connectivity index (χ3n) is 2.90. The number of amides is 1. The number of carbonyl (C=O) groups excluding carboxylic acids is 1. The highest BCUT2D eigenvalue weighted by molar-refractivity contribution is 7.89. The molecule has 0 aromatic carbocycles. The van der Waals surface area contributed by atoms with E-state index in [2.05, 4.69) is 0 Å². The van der Waals surface area contributed by atoms with Crippen LogP contribution < -0.4 is 5.14 Å². The number of rotatable bonds is 2. The van der Waals surface area contributed by atoms with Gasteiger partial charge in [0.25, 0.3) is 5.91 Å². The number of hydrogen-bond acceptors (Lipinski definition) is 4. The molecule has 94 valence electrons. The minimum atomic E-state index is -3.58. The molecule has 1 fully saturated rings. The van der Waals surface area contributed by atoms with Crippen molar-refractivity contribution in [1.82, 2.24) is 4.90 Å². The van der Waals surface area contributed by atoms with Crippen LogP contribution in [0.5, 0.6) is 0 Å². The summed E-state index contributed by atoms with van der Waals surface area (Å²) in [5, 5.41) is 4.45. The van der Waals surface area contributed by atoms with Crippen LogP contribution in [-0.4, -0.2) is 37.6 Å². The fourth-order valence-electron chi connectivity index (χ4n) is 1.96. The maximum Gasteiger partial charge on any atom is 0.257 e. The molecule has 1 aromatic rings. The van der Waals surface area contributed by atoms with Crippen molar-refractivity contribution < 1.29 is 17.6 Å². The van der Waals surface area contributed by atoms with Crippen LogP contribution >= 0.6 is 0 Å². The number of hydrogen-bond donors (Lipinski definition) is 1. The first kappa shape index (κ1) is 12.1. The molecule has 1 amide bonds. The molecule has 0 bridgehead atoms. The van der Waals surface area contributed by atoms with E-state index < -0.39 is 15.3 Å². The Labute approximate surface area is 99.4 Å². The van der Waals surface area contributed by atoms with Gasteiger partial charge >= 0.3 is 0 Å². The number of nitrogens with zero attached hydrogens (tertiary/aromatic N) is 1. The van der Waals surface area contributed by atoms with Gasteiger partial charge in [0, 0.05) is 13.1 Å². The van der Waals surface area contributed by atoms with Gasteiger partial charge in [-0.15, -0.1) is 0 Å². The summed E-state index contributed by atoms with van der Waals surface area (Å²) in [7, 11) is -3.58. The number of likely N-dealkylation sites (tertiary alicyclic amines) is 1. The Balaban J connectivity index is 2.10. The first-order chi connectivity index (χ1) is 7.98. The third kappa shape index (κ3) is 2.67. The topological polar surface area (TPSA) is 93.6 Å². The number of nitrogens with two attached hydrogens (primary N) is 1. The molecular formula is C10H14N2O4S. The van der Waals surface area contributed by atoms with E-state index in [1.165, 1.54) is 17.4 Å². The SMILES string of the molecule is NS(=O)(=O)C1CCCN(C(=O)c2ccoc2)C1. The van der Waals surface area contributed by atoms with Gasteiger partial charge in [0.1, 0.15) is 6.26 Å². The van der Waals surface area contributed by atoms with E-state index in [0.717, 1.165) is 0 Å². The van der Waals surface area contributed by atoms with Crippen LogP contribution in [0.3, 0.4) is 0 Å². The highest BCUT2D eigenvalue weighted by Gasteiger charge is 2.30. The zero-order valence-electron chi connectivity index (χ0n) is 9.20. The summed E-state index contributed by atoms with van der Waals surface area (Å²) in [6.45, 7) is 0.707. The summed E-state index contributed by atoms with van der Waals surface area (Å²) >= 11 is 0. The Hall–Kier alpha value is -1.34. The monoisotopic (exact) mass is 258 g/mol. The van der Waals surface area contributed by atoms with Crippen LogP contribution in [0, 0.1) is 0 Å². The first-order valence-corrected chi connectivity index (χ1v) is 6.92. The summed E-state index contributed by atoms with van der Waals surface area (Å²) in [5.41, 5.74) is 0.431. The molecule has 17 heavy (non-hydrogen) atoms. The second-order valence-electron chi connectivity index (χ2n) is 4.12. The van der Waals surface area contributed by atoms with E-state index in [9.17, 15) is 13.2 Å². The summed E-state index contributed by atoms with van der Waals surface area (Å²) in [5.74, 6) is -0.216. The second-order valence-corrected chi connectivity index (χ2v) is 5.96. The van der Waals surface area contributed by atoms with Crippen LogP contribution in [0.1, 0.15) is 23.2 Å². The lowest BCUT2D eigenvalue weighted by molar-refractivity contribution is 0.0726. The van der Waals surface area contributed by atoms with Crippen molar-refractivity contribution in [1.29, 1.82) is 0 Å². The number of carbonyl (C=O) groups is 1. The average Bonchev–Trinajstić information content (AvgIpc) is 2.80. The Morgan fingerprint density at radius 2 is 2.29 bits per heavy atom. The largest absolute Gasteiger partial charge is 0.472 e. The van der Waals surface area contributed by atoms with E-state index in [0.29, 0.717) is 24.9 Å². The molecule has 1 atom stereocenters. The van der Waals surface area contributed by atoms with Crippen LogP contribution in [0.2, 0.25) is 0 Å². The van der Waals surface area contributed by atoms with E-state index in [-0.39, 0.29) is 12.5 Å². The minimum Gasteiger partial charge on any atom is -0.472 e. The number of furan rings is 1. The fourth-order valence-corrected chi connectivity index (χ4v) is 2.84. The molecule has 1 aliphatic heterocycles. The van der Waals surface area contributed by atoms with Gasteiger partial charge in [-0.1, -0.05) is 0 Å². The Morgan fingerprint density at radius 3 is 2.88 bits per heavy atom. The average molecular weight is 258 g/mol. The predicted molar refractivity (Wildman–Crippen MR) is 60.7 cm³/mol. The van der Waals surface area contributed by atoms with Crippen molar-refractivity contribution in [2.75, 3.05) is 13.1 Å². The van der Waals surface area contributed by atoms with Crippen molar-refractivity contribution in [2.24, 2.45) is 5.14 Å². The molecule has 2 N–H and O–H groups in total. The van der Waals surface area contributed by atoms with Crippen LogP contribution in [0.4, 0.5) is 0 Å². The molecule has 6 nitrogen and oxygen atoms in total. The molecule has 2 heterocycles. The number of piperidine rings is 1. The van der Waals surface area contributed by atoms with Gasteiger partial charge in [0.2, 0.25) is 10.0 Å². The molecule has 7 heteroatoms. The first-order valence-electron chi connectivity index (χ1n) is 5.31. The Kier molecular flexibility index (Phi) is 3.21. The van der Waals surface area contributed by atoms with E-state index in [1.807, 2.05) is 0 Å². The smallest absolute Gasteiger partial charge is 0.257 e. The zero-order chi connectivity index (χ0) is 12.5. The van der Waals surface area contributed by atoms with Crippen molar-refractivity contribution in [3.05, 3.63) is 24.2 Å². The third-order valence-corrected chi connectivity index (χ3v) is 4.21. The molecule has 0 aliphatic carbocycles. The molecule has 0 saturated carbocycles. The summed E-state index contributed by atoms with van der Waals surface area (Å²) < 4.78 is 27.4. The molecule has 2 rings (SSSR count). The highest BCUT2D eigenvalue weighted by atomic mass is 32.2. The Morgan fingerprint density at radius 1 is 1.53 bits per heavy atom. The highest BCUT2D eigenvalue weighted by Crippen LogP contribution is 2.17. The molecule has 0 spiro atoms. The quantitative estimate of drug-likeness (QED) is 0.818. The van der Waals surface area contributed by atoms with E-state index in [1.54, 1.807) is 6.07 Å².